The van der Waals surface area contributed by atoms with Crippen molar-refractivity contribution in [1.82, 2.24) is 10.2 Å². The molecule has 39 heavy (non-hydrogen) atoms. The number of aryl methyl sites for hydroxylation is 3. The number of rotatable bonds is 11. The summed E-state index contributed by atoms with van der Waals surface area (Å²) in [6, 6.07) is 20.5. The minimum absolute atomic E-state index is 0.0548. The molecule has 0 aliphatic rings. The van der Waals surface area contributed by atoms with E-state index in [1.54, 1.807) is 31.2 Å². The highest BCUT2D eigenvalue weighted by molar-refractivity contribution is 7.92. The lowest BCUT2D eigenvalue weighted by Crippen LogP contribution is -2.52. The van der Waals surface area contributed by atoms with Crippen molar-refractivity contribution in [1.29, 1.82) is 0 Å². The number of sulfonamides is 1. The highest BCUT2D eigenvalue weighted by atomic mass is 32.2. The highest BCUT2D eigenvalue weighted by Gasteiger charge is 2.33. The molecular weight excluding hydrogens is 510 g/mol. The predicted octanol–water partition coefficient (Wildman–Crippen LogP) is 5.14. The lowest BCUT2D eigenvalue weighted by Gasteiger charge is -2.33. The lowest BCUT2D eigenvalue weighted by molar-refractivity contribution is -0.139. The van der Waals surface area contributed by atoms with Crippen LogP contribution in [0, 0.1) is 20.8 Å². The largest absolute Gasteiger partial charge is 0.352 e. The SMILES string of the molecule is CC[C@H](C)NC(=O)[C@@H](C)N(Cc1cccc(C)c1)C(=O)CN(c1cc(C)ccc1C)S(=O)(=O)c1ccccc1. The van der Waals surface area contributed by atoms with E-state index >= 15 is 0 Å². The van der Waals surface area contributed by atoms with E-state index in [1.807, 2.05) is 71.0 Å². The number of hydrogen-bond acceptors (Lipinski definition) is 4. The van der Waals surface area contributed by atoms with Gasteiger partial charge in [-0.3, -0.25) is 13.9 Å². The van der Waals surface area contributed by atoms with Crippen LogP contribution in [-0.2, 0) is 26.2 Å². The molecule has 0 aliphatic carbocycles. The molecule has 3 aromatic carbocycles. The maximum atomic E-state index is 14.0. The Morgan fingerprint density at radius 3 is 2.18 bits per heavy atom. The summed E-state index contributed by atoms with van der Waals surface area (Å²) in [5.74, 6) is -0.752. The molecule has 8 heteroatoms. The van der Waals surface area contributed by atoms with Crippen molar-refractivity contribution >= 4 is 27.5 Å². The Labute approximate surface area is 232 Å². The molecule has 0 saturated heterocycles. The van der Waals surface area contributed by atoms with Gasteiger partial charge in [0.15, 0.2) is 0 Å². The van der Waals surface area contributed by atoms with Crippen molar-refractivity contribution < 1.29 is 18.0 Å². The van der Waals surface area contributed by atoms with Crippen LogP contribution < -0.4 is 9.62 Å². The lowest BCUT2D eigenvalue weighted by atomic mass is 10.1. The Bertz CT molecular complexity index is 1410. The molecule has 0 heterocycles. The molecule has 0 bridgehead atoms. The summed E-state index contributed by atoms with van der Waals surface area (Å²) in [5.41, 5.74) is 3.91. The van der Waals surface area contributed by atoms with Gasteiger partial charge in [0.25, 0.3) is 10.0 Å². The average Bonchev–Trinajstić information content (AvgIpc) is 2.91. The molecule has 208 valence electrons. The molecule has 0 radical (unpaired) electrons. The molecule has 0 aromatic heterocycles. The Balaban J connectivity index is 2.06. The van der Waals surface area contributed by atoms with Crippen LogP contribution in [0.1, 0.15) is 49.4 Å². The number of benzene rings is 3. The predicted molar refractivity (Wildman–Crippen MR) is 156 cm³/mol. The Morgan fingerprint density at radius 1 is 0.872 bits per heavy atom. The number of amides is 2. The van der Waals surface area contributed by atoms with Gasteiger partial charge in [-0.05, 0) is 75.9 Å². The minimum atomic E-state index is -4.09. The molecule has 3 aromatic rings. The van der Waals surface area contributed by atoms with Crippen LogP contribution >= 0.6 is 0 Å². The number of anilines is 1. The molecule has 1 N–H and O–H groups in total. The van der Waals surface area contributed by atoms with Gasteiger partial charge in [0.1, 0.15) is 12.6 Å². The summed E-state index contributed by atoms with van der Waals surface area (Å²) in [7, 11) is -4.09. The van der Waals surface area contributed by atoms with Crippen LogP contribution in [0.15, 0.2) is 77.7 Å². The van der Waals surface area contributed by atoms with Crippen molar-refractivity contribution in [3.63, 3.8) is 0 Å². The van der Waals surface area contributed by atoms with E-state index < -0.39 is 28.5 Å². The van der Waals surface area contributed by atoms with Crippen molar-refractivity contribution in [2.24, 2.45) is 0 Å². The van der Waals surface area contributed by atoms with E-state index in [1.165, 1.54) is 17.0 Å². The normalized spacial score (nSPS) is 12.9. The Kier molecular flexibility index (Phi) is 9.92. The fraction of sp³-hybridized carbons (Fsp3) is 0.355. The topological polar surface area (TPSA) is 86.8 Å². The second-order valence-electron chi connectivity index (χ2n) is 10.1. The first kappa shape index (κ1) is 29.9. The van der Waals surface area contributed by atoms with E-state index in [-0.39, 0.29) is 23.4 Å². The fourth-order valence-electron chi connectivity index (χ4n) is 4.28. The van der Waals surface area contributed by atoms with Gasteiger partial charge in [-0.2, -0.15) is 0 Å². The summed E-state index contributed by atoms with van der Waals surface area (Å²) >= 11 is 0. The van der Waals surface area contributed by atoms with Crippen LogP contribution in [0.3, 0.4) is 0 Å². The van der Waals surface area contributed by atoms with Crippen molar-refractivity contribution in [3.05, 3.63) is 95.1 Å². The molecular formula is C31H39N3O4S. The van der Waals surface area contributed by atoms with Crippen molar-refractivity contribution in [2.75, 3.05) is 10.8 Å². The minimum Gasteiger partial charge on any atom is -0.352 e. The van der Waals surface area contributed by atoms with Crippen molar-refractivity contribution in [2.45, 2.75) is 71.5 Å². The Hall–Kier alpha value is -3.65. The summed E-state index contributed by atoms with van der Waals surface area (Å²) in [6.07, 6.45) is 0.750. The standard InChI is InChI=1S/C31H39N3O4S/c1-7-25(5)32-31(36)26(6)33(20-27-13-11-12-22(2)18-27)30(35)21-34(29-19-23(3)16-17-24(29)4)39(37,38)28-14-9-8-10-15-28/h8-19,25-26H,7,20-21H2,1-6H3,(H,32,36)/t25-,26+/m0/s1. The first-order valence-electron chi connectivity index (χ1n) is 13.2. The van der Waals surface area contributed by atoms with Gasteiger partial charge >= 0.3 is 0 Å². The van der Waals surface area contributed by atoms with E-state index in [9.17, 15) is 18.0 Å². The quantitative estimate of drug-likeness (QED) is 0.359. The number of carbonyl (C=O) groups excluding carboxylic acids is 2. The summed E-state index contributed by atoms with van der Waals surface area (Å²) in [4.78, 5) is 28.7. The van der Waals surface area contributed by atoms with Gasteiger partial charge in [0.05, 0.1) is 10.6 Å². The van der Waals surface area contributed by atoms with Crippen molar-refractivity contribution in [3.8, 4) is 0 Å². The zero-order valence-electron chi connectivity index (χ0n) is 23.6. The first-order chi connectivity index (χ1) is 18.4. The average molecular weight is 550 g/mol. The molecule has 0 unspecified atom stereocenters. The van der Waals surface area contributed by atoms with Gasteiger partial charge in [-0.25, -0.2) is 8.42 Å². The van der Waals surface area contributed by atoms with Gasteiger partial charge in [0.2, 0.25) is 11.8 Å². The summed E-state index contributed by atoms with van der Waals surface area (Å²) in [6.45, 7) is 10.9. The molecule has 2 amide bonds. The van der Waals surface area contributed by atoms with Crippen LogP contribution in [0.25, 0.3) is 0 Å². The van der Waals surface area contributed by atoms with Gasteiger partial charge in [0, 0.05) is 12.6 Å². The van der Waals surface area contributed by atoms with Crippen LogP contribution in [0.2, 0.25) is 0 Å². The monoisotopic (exact) mass is 549 g/mol. The smallest absolute Gasteiger partial charge is 0.264 e. The molecule has 0 spiro atoms. The van der Waals surface area contributed by atoms with Gasteiger partial charge in [-0.1, -0.05) is 67.1 Å². The highest BCUT2D eigenvalue weighted by Crippen LogP contribution is 2.28. The Morgan fingerprint density at radius 2 is 1.54 bits per heavy atom. The zero-order valence-corrected chi connectivity index (χ0v) is 24.5. The molecule has 0 saturated carbocycles. The summed E-state index contributed by atoms with van der Waals surface area (Å²) < 4.78 is 29.0. The van der Waals surface area contributed by atoms with Crippen LogP contribution in [0.4, 0.5) is 5.69 Å². The van der Waals surface area contributed by atoms with Gasteiger partial charge < -0.3 is 10.2 Å². The molecule has 2 atom stereocenters. The zero-order chi connectivity index (χ0) is 28.7. The van der Waals surface area contributed by atoms with Gasteiger partial charge in [-0.15, -0.1) is 0 Å². The van der Waals surface area contributed by atoms with E-state index in [4.69, 9.17) is 0 Å². The number of nitrogens with zero attached hydrogens (tertiary/aromatic N) is 2. The number of hydrogen-bond donors (Lipinski definition) is 1. The molecule has 7 nitrogen and oxygen atoms in total. The third-order valence-corrected chi connectivity index (χ3v) is 8.62. The second-order valence-corrected chi connectivity index (χ2v) is 12.0. The van der Waals surface area contributed by atoms with E-state index in [2.05, 4.69) is 5.32 Å². The van der Waals surface area contributed by atoms with E-state index in [0.29, 0.717) is 5.69 Å². The molecule has 0 aliphatic heterocycles. The maximum Gasteiger partial charge on any atom is 0.264 e. The first-order valence-corrected chi connectivity index (χ1v) is 14.7. The number of carbonyl (C=O) groups is 2. The third kappa shape index (κ3) is 7.47. The second kappa shape index (κ2) is 12.9. The number of nitrogens with one attached hydrogen (secondary N) is 1. The van der Waals surface area contributed by atoms with Crippen LogP contribution in [0.5, 0.6) is 0 Å². The fourth-order valence-corrected chi connectivity index (χ4v) is 5.77. The van der Waals surface area contributed by atoms with Crippen LogP contribution in [-0.4, -0.2) is 43.8 Å². The molecule has 0 fully saturated rings. The van der Waals surface area contributed by atoms with E-state index in [0.717, 1.165) is 33.0 Å². The molecule has 3 rings (SSSR count). The third-order valence-electron chi connectivity index (χ3n) is 6.85. The maximum absolute atomic E-state index is 14.0. The summed E-state index contributed by atoms with van der Waals surface area (Å²) in [5, 5.41) is 2.95.